The van der Waals surface area contributed by atoms with Gasteiger partial charge in [0, 0.05) is 12.7 Å². The number of carbonyl (C=O) groups is 1. The second kappa shape index (κ2) is 8.04. The van der Waals surface area contributed by atoms with Crippen molar-refractivity contribution in [3.63, 3.8) is 0 Å². The second-order valence-corrected chi connectivity index (χ2v) is 8.12. The molecule has 0 radical (unpaired) electrons. The molecule has 0 spiro atoms. The molecule has 6 nitrogen and oxygen atoms in total. The summed E-state index contributed by atoms with van der Waals surface area (Å²) in [5.74, 6) is 0.718. The van der Waals surface area contributed by atoms with Gasteiger partial charge in [-0.2, -0.15) is 0 Å². The third kappa shape index (κ3) is 3.76. The number of hydrogen-bond acceptors (Lipinski definition) is 6. The first-order valence-electron chi connectivity index (χ1n) is 9.73. The molecule has 2 aliphatic rings. The lowest BCUT2D eigenvalue weighted by molar-refractivity contribution is -0.114. The minimum absolute atomic E-state index is 0.0512. The van der Waals surface area contributed by atoms with Gasteiger partial charge in [-0.3, -0.25) is 9.69 Å². The number of fused-ring (bicyclic) bond motifs is 2. The Morgan fingerprint density at radius 2 is 2.17 bits per heavy atom. The molecule has 0 bridgehead atoms. The molecule has 1 atom stereocenters. The van der Waals surface area contributed by atoms with Crippen LogP contribution in [0, 0.1) is 5.82 Å². The van der Waals surface area contributed by atoms with Gasteiger partial charge in [0.15, 0.2) is 16.6 Å². The Labute approximate surface area is 176 Å². The van der Waals surface area contributed by atoms with E-state index in [2.05, 4.69) is 4.98 Å². The standard InChI is InChI=1S/C22H19FN2O4S/c23-16-4-1-5-19-21(16)24-22(30-19)25(12-15-3-2-10-27-15)20(26)9-7-14-6-8-17-18(11-14)29-13-28-17/h1,4-9,11,15H,2-3,10,12-13H2/b9-7+. The summed E-state index contributed by atoms with van der Waals surface area (Å²) in [4.78, 5) is 19.1. The van der Waals surface area contributed by atoms with E-state index in [9.17, 15) is 9.18 Å². The van der Waals surface area contributed by atoms with Gasteiger partial charge in [0.2, 0.25) is 6.79 Å². The molecule has 1 unspecified atom stereocenters. The van der Waals surface area contributed by atoms with Crippen molar-refractivity contribution in [3.05, 3.63) is 53.9 Å². The Balaban J connectivity index is 1.42. The average molecular weight is 426 g/mol. The van der Waals surface area contributed by atoms with Crippen LogP contribution in [0.3, 0.4) is 0 Å². The van der Waals surface area contributed by atoms with Crippen molar-refractivity contribution in [3.8, 4) is 11.5 Å². The summed E-state index contributed by atoms with van der Waals surface area (Å²) in [6.07, 6.45) is 5.02. The van der Waals surface area contributed by atoms with E-state index in [1.165, 1.54) is 23.5 Å². The Morgan fingerprint density at radius 3 is 3.00 bits per heavy atom. The third-order valence-corrected chi connectivity index (χ3v) is 6.12. The van der Waals surface area contributed by atoms with Crippen LogP contribution in [0.2, 0.25) is 0 Å². The van der Waals surface area contributed by atoms with Crippen molar-refractivity contribution < 1.29 is 23.4 Å². The van der Waals surface area contributed by atoms with Crippen molar-refractivity contribution in [2.45, 2.75) is 18.9 Å². The maximum Gasteiger partial charge on any atom is 0.252 e. The fourth-order valence-corrected chi connectivity index (χ4v) is 4.54. The molecule has 2 aromatic carbocycles. The van der Waals surface area contributed by atoms with Gasteiger partial charge in [0.1, 0.15) is 11.3 Å². The normalized spacial score (nSPS) is 17.8. The summed E-state index contributed by atoms with van der Waals surface area (Å²) < 4.78 is 31.3. The van der Waals surface area contributed by atoms with Crippen LogP contribution in [0.15, 0.2) is 42.5 Å². The number of carbonyl (C=O) groups excluding carboxylic acids is 1. The molecule has 1 amide bonds. The van der Waals surface area contributed by atoms with Gasteiger partial charge in [0.25, 0.3) is 5.91 Å². The van der Waals surface area contributed by atoms with E-state index in [1.807, 2.05) is 18.2 Å². The lowest BCUT2D eigenvalue weighted by atomic mass is 10.2. The van der Waals surface area contributed by atoms with Crippen LogP contribution in [0.4, 0.5) is 9.52 Å². The number of hydrogen-bond donors (Lipinski definition) is 0. The number of aromatic nitrogens is 1. The predicted molar refractivity (Wildman–Crippen MR) is 113 cm³/mol. The highest BCUT2D eigenvalue weighted by atomic mass is 32.1. The smallest absolute Gasteiger partial charge is 0.252 e. The summed E-state index contributed by atoms with van der Waals surface area (Å²) >= 11 is 1.30. The molecule has 0 N–H and O–H groups in total. The maximum atomic E-state index is 14.1. The first kappa shape index (κ1) is 19.0. The van der Waals surface area contributed by atoms with E-state index in [-0.39, 0.29) is 24.3 Å². The maximum absolute atomic E-state index is 14.1. The summed E-state index contributed by atoms with van der Waals surface area (Å²) in [5, 5.41) is 0.464. The zero-order chi connectivity index (χ0) is 20.5. The van der Waals surface area contributed by atoms with Gasteiger partial charge in [-0.15, -0.1) is 0 Å². The number of para-hydroxylation sites is 1. The molecule has 154 valence electrons. The Bertz CT molecular complexity index is 1120. The van der Waals surface area contributed by atoms with Crippen LogP contribution >= 0.6 is 11.3 Å². The highest BCUT2D eigenvalue weighted by Gasteiger charge is 2.25. The zero-order valence-electron chi connectivity index (χ0n) is 16.0. The van der Waals surface area contributed by atoms with E-state index < -0.39 is 5.82 Å². The molecule has 0 saturated carbocycles. The molecule has 1 aromatic heterocycles. The Hall–Kier alpha value is -2.97. The molecular weight excluding hydrogens is 407 g/mol. The molecule has 30 heavy (non-hydrogen) atoms. The number of nitrogens with zero attached hydrogens (tertiary/aromatic N) is 2. The highest BCUT2D eigenvalue weighted by molar-refractivity contribution is 7.22. The van der Waals surface area contributed by atoms with Gasteiger partial charge in [-0.1, -0.05) is 23.5 Å². The zero-order valence-corrected chi connectivity index (χ0v) is 16.9. The van der Waals surface area contributed by atoms with Crippen molar-refractivity contribution >= 4 is 38.7 Å². The first-order chi connectivity index (χ1) is 14.7. The monoisotopic (exact) mass is 426 g/mol. The van der Waals surface area contributed by atoms with E-state index in [0.29, 0.717) is 34.5 Å². The molecular formula is C22H19FN2O4S. The van der Waals surface area contributed by atoms with Crippen LogP contribution in [0.5, 0.6) is 11.5 Å². The van der Waals surface area contributed by atoms with Crippen molar-refractivity contribution in [1.82, 2.24) is 4.98 Å². The number of benzene rings is 2. The lowest BCUT2D eigenvalue weighted by Crippen LogP contribution is -2.36. The quantitative estimate of drug-likeness (QED) is 0.567. The number of thiazole rings is 1. The molecule has 8 heteroatoms. The summed E-state index contributed by atoms with van der Waals surface area (Å²) in [6.45, 7) is 1.27. The highest BCUT2D eigenvalue weighted by Crippen LogP contribution is 2.33. The fraction of sp³-hybridized carbons (Fsp3) is 0.273. The van der Waals surface area contributed by atoms with Crippen LogP contribution < -0.4 is 14.4 Å². The number of ether oxygens (including phenoxy) is 3. The summed E-state index contributed by atoms with van der Waals surface area (Å²) in [6, 6.07) is 10.3. The topological polar surface area (TPSA) is 60.9 Å². The minimum Gasteiger partial charge on any atom is -0.454 e. The molecule has 1 fully saturated rings. The Kier molecular flexibility index (Phi) is 5.10. The first-order valence-corrected chi connectivity index (χ1v) is 10.5. The third-order valence-electron chi connectivity index (χ3n) is 5.08. The van der Waals surface area contributed by atoms with Gasteiger partial charge >= 0.3 is 0 Å². The lowest BCUT2D eigenvalue weighted by Gasteiger charge is -2.21. The van der Waals surface area contributed by atoms with Crippen molar-refractivity contribution in [1.29, 1.82) is 0 Å². The van der Waals surface area contributed by atoms with Crippen LogP contribution in [0.1, 0.15) is 18.4 Å². The summed E-state index contributed by atoms with van der Waals surface area (Å²) in [5.41, 5.74) is 1.10. The largest absolute Gasteiger partial charge is 0.454 e. The van der Waals surface area contributed by atoms with Crippen LogP contribution in [-0.2, 0) is 9.53 Å². The second-order valence-electron chi connectivity index (χ2n) is 7.11. The number of anilines is 1. The Morgan fingerprint density at radius 1 is 1.27 bits per heavy atom. The molecule has 5 rings (SSSR count). The average Bonchev–Trinajstić information content (AvgIpc) is 3.50. The van der Waals surface area contributed by atoms with Gasteiger partial charge in [-0.25, -0.2) is 9.37 Å². The van der Waals surface area contributed by atoms with E-state index >= 15 is 0 Å². The van der Waals surface area contributed by atoms with Gasteiger partial charge < -0.3 is 14.2 Å². The van der Waals surface area contributed by atoms with Crippen molar-refractivity contribution in [2.75, 3.05) is 24.8 Å². The molecule has 0 aliphatic carbocycles. The number of amides is 1. The van der Waals surface area contributed by atoms with Crippen molar-refractivity contribution in [2.24, 2.45) is 0 Å². The van der Waals surface area contributed by atoms with Crippen LogP contribution in [0.25, 0.3) is 16.3 Å². The molecule has 3 heterocycles. The van der Waals surface area contributed by atoms with E-state index in [1.54, 1.807) is 23.1 Å². The number of halogens is 1. The number of rotatable bonds is 5. The van der Waals surface area contributed by atoms with E-state index in [4.69, 9.17) is 14.2 Å². The molecule has 3 aromatic rings. The van der Waals surface area contributed by atoms with Gasteiger partial charge in [-0.05, 0) is 48.7 Å². The fourth-order valence-electron chi connectivity index (χ4n) is 3.55. The molecule has 2 aliphatic heterocycles. The minimum atomic E-state index is -0.393. The predicted octanol–water partition coefficient (Wildman–Crippen LogP) is 4.39. The SMILES string of the molecule is O=C(/C=C/c1ccc2c(c1)OCO2)N(CC1CCCO1)c1nc2c(F)cccc2s1. The summed E-state index contributed by atoms with van der Waals surface area (Å²) in [7, 11) is 0. The molecule has 1 saturated heterocycles. The van der Waals surface area contributed by atoms with Crippen LogP contribution in [-0.4, -0.2) is 36.9 Å². The van der Waals surface area contributed by atoms with E-state index in [0.717, 1.165) is 18.4 Å². The van der Waals surface area contributed by atoms with Gasteiger partial charge in [0.05, 0.1) is 17.3 Å².